The van der Waals surface area contributed by atoms with E-state index in [1.165, 1.54) is 18.3 Å². The van der Waals surface area contributed by atoms with Crippen molar-refractivity contribution in [3.05, 3.63) is 29.3 Å². The highest BCUT2D eigenvalue weighted by Crippen LogP contribution is 2.20. The average molecular weight is 275 g/mol. The lowest BCUT2D eigenvalue weighted by molar-refractivity contribution is 0.429. The standard InChI is InChI=1S/C8H7ClN4O3S/c1-5-11-8(16-12-5)13-17(14,15)6-3-2-4-10-7(6)9/h2-4H,1H3,(H,11,12,13). The van der Waals surface area contributed by atoms with Crippen molar-refractivity contribution >= 4 is 27.6 Å². The molecule has 0 saturated heterocycles. The third-order valence-electron chi connectivity index (χ3n) is 1.76. The van der Waals surface area contributed by atoms with Crippen LogP contribution in [0.5, 0.6) is 0 Å². The molecule has 2 heterocycles. The first-order chi connectivity index (χ1) is 7.99. The molecule has 0 aromatic carbocycles. The third kappa shape index (κ3) is 2.53. The van der Waals surface area contributed by atoms with E-state index in [1.54, 1.807) is 6.92 Å². The molecule has 0 unspecified atom stereocenters. The zero-order valence-electron chi connectivity index (χ0n) is 8.58. The van der Waals surface area contributed by atoms with Gasteiger partial charge in [-0.25, -0.2) is 18.1 Å². The van der Waals surface area contributed by atoms with Crippen LogP contribution in [0.1, 0.15) is 5.82 Å². The van der Waals surface area contributed by atoms with E-state index in [1.807, 2.05) is 0 Å². The van der Waals surface area contributed by atoms with Crippen molar-refractivity contribution in [3.8, 4) is 0 Å². The maximum Gasteiger partial charge on any atom is 0.335 e. The Bertz CT molecular complexity index is 640. The highest BCUT2D eigenvalue weighted by atomic mass is 35.5. The van der Waals surface area contributed by atoms with E-state index in [9.17, 15) is 8.42 Å². The number of nitrogens with one attached hydrogen (secondary N) is 1. The first kappa shape index (κ1) is 11.8. The van der Waals surface area contributed by atoms with Gasteiger partial charge in [0.2, 0.25) is 0 Å². The van der Waals surface area contributed by atoms with E-state index >= 15 is 0 Å². The maximum absolute atomic E-state index is 11.9. The molecule has 2 rings (SSSR count). The summed E-state index contributed by atoms with van der Waals surface area (Å²) in [6, 6.07) is 2.56. The topological polar surface area (TPSA) is 98.0 Å². The van der Waals surface area contributed by atoms with Crippen LogP contribution in [0.3, 0.4) is 0 Å². The fourth-order valence-electron chi connectivity index (χ4n) is 1.08. The number of hydrogen-bond donors (Lipinski definition) is 1. The van der Waals surface area contributed by atoms with Gasteiger partial charge in [-0.2, -0.15) is 4.98 Å². The Balaban J connectivity index is 2.35. The first-order valence-electron chi connectivity index (χ1n) is 4.43. The number of anilines is 1. The molecule has 90 valence electrons. The number of pyridine rings is 1. The van der Waals surface area contributed by atoms with Gasteiger partial charge >= 0.3 is 6.01 Å². The van der Waals surface area contributed by atoms with Gasteiger partial charge in [0, 0.05) is 6.20 Å². The maximum atomic E-state index is 11.9. The van der Waals surface area contributed by atoms with Crippen LogP contribution in [0.4, 0.5) is 6.01 Å². The minimum Gasteiger partial charge on any atom is -0.314 e. The molecule has 0 amide bonds. The van der Waals surface area contributed by atoms with Gasteiger partial charge in [0.25, 0.3) is 10.0 Å². The Labute approximate surface area is 102 Å². The molecule has 0 aliphatic carbocycles. The molecule has 17 heavy (non-hydrogen) atoms. The van der Waals surface area contributed by atoms with Gasteiger partial charge < -0.3 is 4.52 Å². The van der Waals surface area contributed by atoms with Crippen LogP contribution in [0.15, 0.2) is 27.7 Å². The SMILES string of the molecule is Cc1noc(NS(=O)(=O)c2cccnc2Cl)n1. The molecule has 9 heteroatoms. The summed E-state index contributed by atoms with van der Waals surface area (Å²) in [5.74, 6) is 0.319. The van der Waals surface area contributed by atoms with Crippen molar-refractivity contribution in [2.45, 2.75) is 11.8 Å². The van der Waals surface area contributed by atoms with E-state index in [0.717, 1.165) is 0 Å². The number of halogens is 1. The molecule has 0 radical (unpaired) electrons. The van der Waals surface area contributed by atoms with Crippen LogP contribution in [0.2, 0.25) is 5.15 Å². The van der Waals surface area contributed by atoms with Crippen molar-refractivity contribution in [3.63, 3.8) is 0 Å². The highest BCUT2D eigenvalue weighted by Gasteiger charge is 2.20. The second-order valence-electron chi connectivity index (χ2n) is 3.04. The molecule has 0 spiro atoms. The minimum absolute atomic E-state index is 0.128. The van der Waals surface area contributed by atoms with Gasteiger partial charge in [0.1, 0.15) is 10.0 Å². The van der Waals surface area contributed by atoms with E-state index in [2.05, 4.69) is 24.4 Å². The number of hydrogen-bond acceptors (Lipinski definition) is 6. The lowest BCUT2D eigenvalue weighted by atomic mass is 10.5. The van der Waals surface area contributed by atoms with Gasteiger partial charge in [0.05, 0.1) is 0 Å². The van der Waals surface area contributed by atoms with Crippen LogP contribution in [0.25, 0.3) is 0 Å². The van der Waals surface area contributed by atoms with Gasteiger partial charge in [-0.05, 0) is 19.1 Å². The summed E-state index contributed by atoms with van der Waals surface area (Å²) in [4.78, 5) is 7.24. The van der Waals surface area contributed by atoms with Gasteiger partial charge in [0.15, 0.2) is 5.82 Å². The lowest BCUT2D eigenvalue weighted by Gasteiger charge is -2.04. The number of sulfonamides is 1. The number of aryl methyl sites for hydroxylation is 1. The number of rotatable bonds is 3. The Morgan fingerprint density at radius 3 is 2.82 bits per heavy atom. The molecule has 0 fully saturated rings. The van der Waals surface area contributed by atoms with Gasteiger partial charge in [-0.3, -0.25) is 0 Å². The molecular formula is C8H7ClN4O3S. The summed E-state index contributed by atoms with van der Waals surface area (Å²) in [5, 5.41) is 3.33. The molecule has 0 aliphatic rings. The number of aromatic nitrogens is 3. The lowest BCUT2D eigenvalue weighted by Crippen LogP contribution is -2.14. The summed E-state index contributed by atoms with van der Waals surface area (Å²) in [5.41, 5.74) is 0. The third-order valence-corrected chi connectivity index (χ3v) is 3.53. The summed E-state index contributed by atoms with van der Waals surface area (Å²) in [6.45, 7) is 1.57. The predicted molar refractivity (Wildman–Crippen MR) is 59.1 cm³/mol. The largest absolute Gasteiger partial charge is 0.335 e. The van der Waals surface area contributed by atoms with E-state index < -0.39 is 10.0 Å². The summed E-state index contributed by atoms with van der Waals surface area (Å²) in [7, 11) is -3.87. The van der Waals surface area contributed by atoms with Crippen molar-refractivity contribution in [1.82, 2.24) is 15.1 Å². The smallest absolute Gasteiger partial charge is 0.314 e. The molecule has 0 aliphatic heterocycles. The fourth-order valence-corrected chi connectivity index (χ4v) is 2.46. The Hall–Kier alpha value is -1.67. The second-order valence-corrected chi connectivity index (χ2v) is 5.05. The van der Waals surface area contributed by atoms with Crippen LogP contribution in [0, 0.1) is 6.92 Å². The Morgan fingerprint density at radius 2 is 2.24 bits per heavy atom. The molecule has 0 bridgehead atoms. The zero-order chi connectivity index (χ0) is 12.5. The van der Waals surface area contributed by atoms with Crippen molar-refractivity contribution < 1.29 is 12.9 Å². The summed E-state index contributed by atoms with van der Waals surface area (Å²) in [6.07, 6.45) is 1.39. The molecular weight excluding hydrogens is 268 g/mol. The van der Waals surface area contributed by atoms with Crippen LogP contribution < -0.4 is 4.72 Å². The molecule has 2 aromatic heterocycles. The van der Waals surface area contributed by atoms with E-state index in [-0.39, 0.29) is 16.1 Å². The highest BCUT2D eigenvalue weighted by molar-refractivity contribution is 7.92. The van der Waals surface area contributed by atoms with Crippen molar-refractivity contribution in [2.75, 3.05) is 4.72 Å². The van der Waals surface area contributed by atoms with Gasteiger partial charge in [-0.15, -0.1) is 0 Å². The molecule has 7 nitrogen and oxygen atoms in total. The van der Waals surface area contributed by atoms with Crippen LogP contribution in [-0.2, 0) is 10.0 Å². The van der Waals surface area contributed by atoms with Crippen molar-refractivity contribution in [1.29, 1.82) is 0 Å². The molecule has 0 saturated carbocycles. The normalized spacial score (nSPS) is 11.4. The monoisotopic (exact) mass is 274 g/mol. The van der Waals surface area contributed by atoms with E-state index in [0.29, 0.717) is 5.82 Å². The summed E-state index contributed by atoms with van der Waals surface area (Å²) >= 11 is 5.68. The first-order valence-corrected chi connectivity index (χ1v) is 6.29. The predicted octanol–water partition coefficient (Wildman–Crippen LogP) is 1.23. The Kier molecular flexibility index (Phi) is 2.99. The zero-order valence-corrected chi connectivity index (χ0v) is 10.2. The minimum atomic E-state index is -3.87. The molecule has 2 aromatic rings. The summed E-state index contributed by atoms with van der Waals surface area (Å²) < 4.78 is 30.5. The van der Waals surface area contributed by atoms with Crippen LogP contribution in [-0.4, -0.2) is 23.5 Å². The van der Waals surface area contributed by atoms with Crippen molar-refractivity contribution in [2.24, 2.45) is 0 Å². The molecule has 1 N–H and O–H groups in total. The fraction of sp³-hybridized carbons (Fsp3) is 0.125. The number of nitrogens with zero attached hydrogens (tertiary/aromatic N) is 3. The average Bonchev–Trinajstić information content (AvgIpc) is 2.63. The Morgan fingerprint density at radius 1 is 1.47 bits per heavy atom. The quantitative estimate of drug-likeness (QED) is 0.845. The molecule has 0 atom stereocenters. The van der Waals surface area contributed by atoms with E-state index in [4.69, 9.17) is 11.6 Å². The van der Waals surface area contributed by atoms with Gasteiger partial charge in [-0.1, -0.05) is 16.8 Å². The van der Waals surface area contributed by atoms with Crippen LogP contribution >= 0.6 is 11.6 Å². The second kappa shape index (κ2) is 4.30.